The van der Waals surface area contributed by atoms with Crippen LogP contribution in [-0.2, 0) is 13.1 Å². The maximum absolute atomic E-state index is 5.08. The molecule has 1 aliphatic heterocycles. The number of piperidine rings is 1. The minimum Gasteiger partial charge on any atom is -0.340 e. The molecule has 0 amide bonds. The van der Waals surface area contributed by atoms with Crippen molar-refractivity contribution in [1.82, 2.24) is 20.4 Å². The van der Waals surface area contributed by atoms with Crippen LogP contribution in [0, 0.1) is 6.92 Å². The number of benzene rings is 2. The highest BCUT2D eigenvalue weighted by molar-refractivity contribution is 5.85. The largest absolute Gasteiger partial charge is 0.340 e. The van der Waals surface area contributed by atoms with E-state index in [-0.39, 0.29) is 0 Å². The number of hydrogen-bond donors (Lipinski definition) is 1. The number of aryl methyl sites for hydroxylation is 1. The smallest absolute Gasteiger partial charge is 0.223 e. The van der Waals surface area contributed by atoms with E-state index in [1.54, 1.807) is 0 Å². The predicted octanol–water partition coefficient (Wildman–Crippen LogP) is 3.29. The van der Waals surface area contributed by atoms with E-state index in [9.17, 15) is 0 Å². The van der Waals surface area contributed by atoms with Crippen molar-refractivity contribution in [3.8, 4) is 0 Å². The summed E-state index contributed by atoms with van der Waals surface area (Å²) in [7, 11) is 0. The molecular formula is C20H24N4O. The van der Waals surface area contributed by atoms with E-state index < -0.39 is 0 Å². The maximum atomic E-state index is 5.08. The van der Waals surface area contributed by atoms with E-state index in [1.165, 1.54) is 29.2 Å². The zero-order chi connectivity index (χ0) is 17.1. The van der Waals surface area contributed by atoms with Crippen LogP contribution < -0.4 is 5.32 Å². The van der Waals surface area contributed by atoms with Crippen LogP contribution in [0.4, 0.5) is 0 Å². The number of nitrogens with one attached hydrogen (secondary N) is 1. The number of aromatic nitrogens is 2. The molecule has 1 aliphatic rings. The van der Waals surface area contributed by atoms with Gasteiger partial charge in [0, 0.05) is 26.1 Å². The van der Waals surface area contributed by atoms with Gasteiger partial charge < -0.3 is 9.84 Å². The Balaban J connectivity index is 1.37. The topological polar surface area (TPSA) is 54.2 Å². The van der Waals surface area contributed by atoms with Gasteiger partial charge in [-0.2, -0.15) is 4.98 Å². The molecule has 5 nitrogen and oxygen atoms in total. The van der Waals surface area contributed by atoms with Crippen molar-refractivity contribution in [3.05, 3.63) is 59.7 Å². The Morgan fingerprint density at radius 3 is 2.96 bits per heavy atom. The third-order valence-corrected chi connectivity index (χ3v) is 4.90. The molecule has 0 radical (unpaired) electrons. The van der Waals surface area contributed by atoms with E-state index in [1.807, 2.05) is 6.92 Å². The molecule has 4 rings (SSSR count). The molecule has 1 aromatic heterocycles. The van der Waals surface area contributed by atoms with Crippen molar-refractivity contribution in [2.24, 2.45) is 0 Å². The highest BCUT2D eigenvalue weighted by Crippen LogP contribution is 2.19. The van der Waals surface area contributed by atoms with Gasteiger partial charge in [-0.25, -0.2) is 0 Å². The van der Waals surface area contributed by atoms with E-state index in [2.05, 4.69) is 62.8 Å². The standard InChI is InChI=1S/C20H24N4O/c1-15-22-20(23-25-15)14-24-11-5-9-18(13-24)21-12-17-8-4-7-16-6-2-3-10-19(16)17/h2-4,6-8,10,18,21H,5,9,11-14H2,1H3/t18-/m0/s1. The second-order valence-electron chi connectivity index (χ2n) is 6.82. The minimum absolute atomic E-state index is 0.501. The first-order chi connectivity index (χ1) is 12.3. The third kappa shape index (κ3) is 3.89. The first-order valence-electron chi connectivity index (χ1n) is 8.99. The van der Waals surface area contributed by atoms with Crippen LogP contribution in [-0.4, -0.2) is 34.2 Å². The molecule has 2 aromatic carbocycles. The summed E-state index contributed by atoms with van der Waals surface area (Å²) < 4.78 is 5.08. The van der Waals surface area contributed by atoms with Crippen molar-refractivity contribution in [2.45, 2.75) is 38.9 Å². The first kappa shape index (κ1) is 16.2. The molecule has 0 unspecified atom stereocenters. The number of likely N-dealkylation sites (tertiary alicyclic amines) is 1. The lowest BCUT2D eigenvalue weighted by Gasteiger charge is -2.32. The lowest BCUT2D eigenvalue weighted by molar-refractivity contribution is 0.177. The molecular weight excluding hydrogens is 312 g/mol. The average Bonchev–Trinajstić information content (AvgIpc) is 3.05. The van der Waals surface area contributed by atoms with E-state index in [0.717, 1.165) is 32.0 Å². The van der Waals surface area contributed by atoms with Gasteiger partial charge in [-0.3, -0.25) is 4.90 Å². The lowest BCUT2D eigenvalue weighted by Crippen LogP contribution is -2.45. The fourth-order valence-electron chi connectivity index (χ4n) is 3.67. The third-order valence-electron chi connectivity index (χ3n) is 4.90. The second-order valence-corrected chi connectivity index (χ2v) is 6.82. The average molecular weight is 336 g/mol. The van der Waals surface area contributed by atoms with Gasteiger partial charge in [0.15, 0.2) is 5.82 Å². The Bertz CT molecular complexity index is 839. The SMILES string of the molecule is Cc1nc(CN2CCC[C@H](NCc3cccc4ccccc34)C2)no1. The van der Waals surface area contributed by atoms with Crippen molar-refractivity contribution in [2.75, 3.05) is 13.1 Å². The molecule has 130 valence electrons. The molecule has 1 N–H and O–H groups in total. The fraction of sp³-hybridized carbons (Fsp3) is 0.400. The summed E-state index contributed by atoms with van der Waals surface area (Å²) in [6.45, 7) is 5.63. The maximum Gasteiger partial charge on any atom is 0.223 e. The van der Waals surface area contributed by atoms with Crippen molar-refractivity contribution in [1.29, 1.82) is 0 Å². The van der Waals surface area contributed by atoms with Crippen molar-refractivity contribution >= 4 is 10.8 Å². The van der Waals surface area contributed by atoms with Gasteiger partial charge in [-0.1, -0.05) is 47.6 Å². The van der Waals surface area contributed by atoms with Crippen LogP contribution in [0.15, 0.2) is 47.0 Å². The molecule has 0 bridgehead atoms. The molecule has 0 aliphatic carbocycles. The molecule has 2 heterocycles. The van der Waals surface area contributed by atoms with Crippen LogP contribution in [0.3, 0.4) is 0 Å². The monoisotopic (exact) mass is 336 g/mol. The molecule has 25 heavy (non-hydrogen) atoms. The highest BCUT2D eigenvalue weighted by atomic mass is 16.5. The quantitative estimate of drug-likeness (QED) is 0.775. The van der Waals surface area contributed by atoms with Crippen LogP contribution in [0.5, 0.6) is 0 Å². The Morgan fingerprint density at radius 2 is 2.08 bits per heavy atom. The van der Waals surface area contributed by atoms with Gasteiger partial charge in [0.1, 0.15) is 0 Å². The summed E-state index contributed by atoms with van der Waals surface area (Å²) in [4.78, 5) is 6.73. The van der Waals surface area contributed by atoms with Crippen molar-refractivity contribution < 1.29 is 4.52 Å². The zero-order valence-electron chi connectivity index (χ0n) is 14.6. The summed E-state index contributed by atoms with van der Waals surface area (Å²) in [6, 6.07) is 15.6. The Kier molecular flexibility index (Phi) is 4.76. The van der Waals surface area contributed by atoms with Gasteiger partial charge in [-0.15, -0.1) is 0 Å². The lowest BCUT2D eigenvalue weighted by atomic mass is 10.0. The zero-order valence-corrected chi connectivity index (χ0v) is 14.6. The summed E-state index contributed by atoms with van der Waals surface area (Å²) in [5, 5.41) is 10.4. The van der Waals surface area contributed by atoms with Gasteiger partial charge in [0.05, 0.1) is 6.54 Å². The summed E-state index contributed by atoms with van der Waals surface area (Å²) >= 11 is 0. The van der Waals surface area contributed by atoms with Gasteiger partial charge >= 0.3 is 0 Å². The Morgan fingerprint density at radius 1 is 1.20 bits per heavy atom. The number of rotatable bonds is 5. The number of hydrogen-bond acceptors (Lipinski definition) is 5. The van der Waals surface area contributed by atoms with Crippen LogP contribution in [0.2, 0.25) is 0 Å². The van der Waals surface area contributed by atoms with Crippen molar-refractivity contribution in [3.63, 3.8) is 0 Å². The molecule has 5 heteroatoms. The molecule has 0 spiro atoms. The van der Waals surface area contributed by atoms with E-state index in [0.29, 0.717) is 11.9 Å². The molecule has 1 saturated heterocycles. The Hall–Kier alpha value is -2.24. The van der Waals surface area contributed by atoms with Crippen LogP contribution >= 0.6 is 0 Å². The number of nitrogens with zero attached hydrogens (tertiary/aromatic N) is 3. The van der Waals surface area contributed by atoms with E-state index >= 15 is 0 Å². The second kappa shape index (κ2) is 7.33. The van der Waals surface area contributed by atoms with E-state index in [4.69, 9.17) is 4.52 Å². The van der Waals surface area contributed by atoms with Gasteiger partial charge in [0.25, 0.3) is 0 Å². The summed E-state index contributed by atoms with van der Waals surface area (Å²) in [5.74, 6) is 1.42. The molecule has 1 atom stereocenters. The van der Waals surface area contributed by atoms with Crippen LogP contribution in [0.1, 0.15) is 30.1 Å². The Labute approximate surface area is 148 Å². The van der Waals surface area contributed by atoms with Crippen LogP contribution in [0.25, 0.3) is 10.8 Å². The summed E-state index contributed by atoms with van der Waals surface area (Å²) in [5.41, 5.74) is 1.36. The first-order valence-corrected chi connectivity index (χ1v) is 8.99. The molecule has 3 aromatic rings. The van der Waals surface area contributed by atoms with Gasteiger partial charge in [-0.05, 0) is 35.7 Å². The number of fused-ring (bicyclic) bond motifs is 1. The van der Waals surface area contributed by atoms with Gasteiger partial charge in [0.2, 0.25) is 5.89 Å². The molecule has 1 fully saturated rings. The fourth-order valence-corrected chi connectivity index (χ4v) is 3.67. The minimum atomic E-state index is 0.501. The molecule has 0 saturated carbocycles. The highest BCUT2D eigenvalue weighted by Gasteiger charge is 2.21. The predicted molar refractivity (Wildman–Crippen MR) is 98.1 cm³/mol. The normalized spacial score (nSPS) is 18.7. The summed E-state index contributed by atoms with van der Waals surface area (Å²) in [6.07, 6.45) is 2.41.